The zero-order valence-corrected chi connectivity index (χ0v) is 6.39. The fourth-order valence-electron chi connectivity index (χ4n) is 0.928. The maximum absolute atomic E-state index is 7.06. The maximum Gasteiger partial charge on any atom is 0.0428 e. The summed E-state index contributed by atoms with van der Waals surface area (Å²) in [5.74, 6) is 0. The van der Waals surface area contributed by atoms with Crippen molar-refractivity contribution in [3.8, 4) is 0 Å². The van der Waals surface area contributed by atoms with Gasteiger partial charge in [-0.15, -0.1) is 0 Å². The lowest BCUT2D eigenvalue weighted by atomic mass is 10.2. The Morgan fingerprint density at radius 2 is 2.27 bits per heavy atom. The van der Waals surface area contributed by atoms with Crippen molar-refractivity contribution in [2.45, 2.75) is 0 Å². The average Bonchev–Trinajstić information content (AvgIpc) is 2.04. The van der Waals surface area contributed by atoms with E-state index in [1.807, 2.05) is 13.1 Å². The van der Waals surface area contributed by atoms with Crippen molar-refractivity contribution < 1.29 is 0 Å². The lowest BCUT2D eigenvalue weighted by Crippen LogP contribution is -1.95. The van der Waals surface area contributed by atoms with E-state index in [1.165, 1.54) is 6.21 Å². The third-order valence-corrected chi connectivity index (χ3v) is 1.50. The molecule has 0 aliphatic carbocycles. The highest BCUT2D eigenvalue weighted by atomic mass is 14.8. The van der Waals surface area contributed by atoms with E-state index in [-0.39, 0.29) is 0 Å². The van der Waals surface area contributed by atoms with Gasteiger partial charge in [0.25, 0.3) is 0 Å². The highest BCUT2D eigenvalue weighted by Crippen LogP contribution is 2.15. The highest BCUT2D eigenvalue weighted by molar-refractivity contribution is 5.87. The molecule has 0 atom stereocenters. The van der Waals surface area contributed by atoms with Crippen LogP contribution < -0.4 is 11.1 Å². The molecule has 0 unspecified atom stereocenters. The quantitative estimate of drug-likeness (QED) is 0.438. The second-order valence-corrected chi connectivity index (χ2v) is 2.24. The van der Waals surface area contributed by atoms with Gasteiger partial charge in [0, 0.05) is 30.2 Å². The van der Waals surface area contributed by atoms with E-state index in [2.05, 4.69) is 5.32 Å². The van der Waals surface area contributed by atoms with Crippen LogP contribution in [-0.4, -0.2) is 13.3 Å². The first-order chi connectivity index (χ1) is 5.27. The standard InChI is InChI=1S/C8H11N3/c1-11-8-3-2-7(10)4-6(8)5-9/h2-5,9,11H,10H2,1H3. The second-order valence-electron chi connectivity index (χ2n) is 2.24. The van der Waals surface area contributed by atoms with E-state index in [1.54, 1.807) is 12.1 Å². The van der Waals surface area contributed by atoms with Crippen LogP contribution in [0.15, 0.2) is 18.2 Å². The molecule has 1 aromatic carbocycles. The summed E-state index contributed by atoms with van der Waals surface area (Å²) < 4.78 is 0. The van der Waals surface area contributed by atoms with Gasteiger partial charge in [0.1, 0.15) is 0 Å². The van der Waals surface area contributed by atoms with Crippen LogP contribution in [0.2, 0.25) is 0 Å². The van der Waals surface area contributed by atoms with E-state index in [0.29, 0.717) is 5.69 Å². The lowest BCUT2D eigenvalue weighted by Gasteiger charge is -2.04. The topological polar surface area (TPSA) is 61.9 Å². The molecule has 0 aliphatic rings. The normalized spacial score (nSPS) is 9.18. The molecule has 11 heavy (non-hydrogen) atoms. The minimum atomic E-state index is 0.683. The van der Waals surface area contributed by atoms with Crippen molar-refractivity contribution in [2.75, 3.05) is 18.1 Å². The molecule has 1 aromatic rings. The number of rotatable bonds is 2. The lowest BCUT2D eigenvalue weighted by molar-refractivity contribution is 1.47. The number of nitrogens with one attached hydrogen (secondary N) is 2. The molecule has 0 saturated carbocycles. The van der Waals surface area contributed by atoms with Crippen LogP contribution in [0.3, 0.4) is 0 Å². The zero-order chi connectivity index (χ0) is 8.27. The third-order valence-electron chi connectivity index (χ3n) is 1.50. The van der Waals surface area contributed by atoms with Gasteiger partial charge in [-0.05, 0) is 18.2 Å². The molecule has 0 amide bonds. The molecule has 1 rings (SSSR count). The highest BCUT2D eigenvalue weighted by Gasteiger charge is 1.96. The predicted octanol–water partition coefficient (Wildman–Crippen LogP) is 1.31. The van der Waals surface area contributed by atoms with Crippen LogP contribution in [0.4, 0.5) is 11.4 Å². The summed E-state index contributed by atoms with van der Waals surface area (Å²) >= 11 is 0. The molecule has 0 fully saturated rings. The van der Waals surface area contributed by atoms with Gasteiger partial charge in [-0.25, -0.2) is 0 Å². The van der Waals surface area contributed by atoms with Gasteiger partial charge in [-0.3, -0.25) is 0 Å². The summed E-state index contributed by atoms with van der Waals surface area (Å²) in [6.45, 7) is 0. The van der Waals surface area contributed by atoms with E-state index < -0.39 is 0 Å². The molecule has 3 heteroatoms. The van der Waals surface area contributed by atoms with Crippen molar-refractivity contribution in [3.63, 3.8) is 0 Å². The molecule has 0 spiro atoms. The molecule has 4 N–H and O–H groups in total. The Bertz CT molecular complexity index is 268. The Kier molecular flexibility index (Phi) is 2.11. The van der Waals surface area contributed by atoms with Crippen LogP contribution in [0.25, 0.3) is 0 Å². The molecule has 0 radical (unpaired) electrons. The molecule has 0 heterocycles. The van der Waals surface area contributed by atoms with E-state index >= 15 is 0 Å². The number of benzene rings is 1. The Morgan fingerprint density at radius 3 is 2.82 bits per heavy atom. The Labute approximate surface area is 65.7 Å². The molecular weight excluding hydrogens is 138 g/mol. The summed E-state index contributed by atoms with van der Waals surface area (Å²) in [6, 6.07) is 5.42. The minimum Gasteiger partial charge on any atom is -0.399 e. The Morgan fingerprint density at radius 1 is 1.55 bits per heavy atom. The zero-order valence-electron chi connectivity index (χ0n) is 6.39. The van der Waals surface area contributed by atoms with E-state index in [4.69, 9.17) is 11.1 Å². The first-order valence-electron chi connectivity index (χ1n) is 3.35. The smallest absolute Gasteiger partial charge is 0.0428 e. The van der Waals surface area contributed by atoms with Gasteiger partial charge < -0.3 is 16.5 Å². The van der Waals surface area contributed by atoms with Gasteiger partial charge in [0.2, 0.25) is 0 Å². The summed E-state index contributed by atoms with van der Waals surface area (Å²) in [7, 11) is 1.82. The van der Waals surface area contributed by atoms with Crippen molar-refractivity contribution in [3.05, 3.63) is 23.8 Å². The predicted molar refractivity (Wildman–Crippen MR) is 48.3 cm³/mol. The van der Waals surface area contributed by atoms with Crippen molar-refractivity contribution in [2.24, 2.45) is 0 Å². The molecule has 3 nitrogen and oxygen atoms in total. The minimum absolute atomic E-state index is 0.683. The summed E-state index contributed by atoms with van der Waals surface area (Å²) in [5.41, 5.74) is 7.95. The van der Waals surface area contributed by atoms with Gasteiger partial charge in [-0.2, -0.15) is 0 Å². The summed E-state index contributed by atoms with van der Waals surface area (Å²) in [6.07, 6.45) is 1.28. The van der Waals surface area contributed by atoms with Crippen LogP contribution in [0, 0.1) is 5.41 Å². The van der Waals surface area contributed by atoms with Gasteiger partial charge in [0.05, 0.1) is 0 Å². The number of nitrogen functional groups attached to an aromatic ring is 1. The fourth-order valence-corrected chi connectivity index (χ4v) is 0.928. The number of hydrogen-bond donors (Lipinski definition) is 3. The van der Waals surface area contributed by atoms with E-state index in [0.717, 1.165) is 11.3 Å². The maximum atomic E-state index is 7.06. The second kappa shape index (κ2) is 3.05. The van der Waals surface area contributed by atoms with Crippen LogP contribution in [0.1, 0.15) is 5.56 Å². The molecular formula is C8H11N3. The fraction of sp³-hybridized carbons (Fsp3) is 0.125. The molecule has 0 bridgehead atoms. The van der Waals surface area contributed by atoms with E-state index in [9.17, 15) is 0 Å². The largest absolute Gasteiger partial charge is 0.399 e. The van der Waals surface area contributed by atoms with Crippen molar-refractivity contribution in [1.82, 2.24) is 0 Å². The monoisotopic (exact) mass is 149 g/mol. The number of nitrogens with two attached hydrogens (primary N) is 1. The Balaban J connectivity index is 3.16. The third kappa shape index (κ3) is 1.49. The van der Waals surface area contributed by atoms with Crippen molar-refractivity contribution >= 4 is 17.6 Å². The van der Waals surface area contributed by atoms with Gasteiger partial charge in [0.15, 0.2) is 0 Å². The number of hydrogen-bond acceptors (Lipinski definition) is 3. The van der Waals surface area contributed by atoms with Gasteiger partial charge >= 0.3 is 0 Å². The van der Waals surface area contributed by atoms with Gasteiger partial charge in [-0.1, -0.05) is 0 Å². The summed E-state index contributed by atoms with van der Waals surface area (Å²) in [4.78, 5) is 0. The Hall–Kier alpha value is -1.51. The first kappa shape index (κ1) is 7.60. The van der Waals surface area contributed by atoms with Crippen LogP contribution in [0.5, 0.6) is 0 Å². The molecule has 0 saturated heterocycles. The summed E-state index contributed by atoms with van der Waals surface area (Å²) in [5, 5.41) is 10.0. The SMILES string of the molecule is CNc1ccc(N)cc1C=N. The molecule has 58 valence electrons. The molecule has 0 aliphatic heterocycles. The number of anilines is 2. The molecule has 0 aromatic heterocycles. The van der Waals surface area contributed by atoms with Crippen LogP contribution >= 0.6 is 0 Å². The first-order valence-corrected chi connectivity index (χ1v) is 3.35. The van der Waals surface area contributed by atoms with Crippen LogP contribution in [-0.2, 0) is 0 Å². The van der Waals surface area contributed by atoms with Crippen molar-refractivity contribution in [1.29, 1.82) is 5.41 Å². The average molecular weight is 149 g/mol.